The van der Waals surface area contributed by atoms with Gasteiger partial charge in [-0.05, 0) is 19.9 Å². The van der Waals surface area contributed by atoms with Gasteiger partial charge in [0.25, 0.3) is 0 Å². The van der Waals surface area contributed by atoms with Gasteiger partial charge in [-0.3, -0.25) is 0 Å². The summed E-state index contributed by atoms with van der Waals surface area (Å²) in [4.78, 5) is 0. The first-order valence-corrected chi connectivity index (χ1v) is 5.19. The Hall–Kier alpha value is -1.33. The van der Waals surface area contributed by atoms with Crippen LogP contribution in [0.4, 0.5) is 0 Å². The molecule has 1 saturated heterocycles. The summed E-state index contributed by atoms with van der Waals surface area (Å²) in [7, 11) is 0. The molecule has 5 nitrogen and oxygen atoms in total. The maximum atomic E-state index is 11.3. The van der Waals surface area contributed by atoms with E-state index in [9.17, 15) is 5.21 Å². The molecule has 1 unspecified atom stereocenters. The van der Waals surface area contributed by atoms with E-state index in [4.69, 9.17) is 14.2 Å². The van der Waals surface area contributed by atoms with Gasteiger partial charge in [0, 0.05) is 6.07 Å². The number of hydrogen-bond acceptors (Lipinski definition) is 4. The summed E-state index contributed by atoms with van der Waals surface area (Å²) < 4.78 is 17.0. The molecule has 88 valence electrons. The van der Waals surface area contributed by atoms with Crippen molar-refractivity contribution in [2.75, 3.05) is 13.2 Å². The average Bonchev–Trinajstić information content (AvgIpc) is 2.57. The van der Waals surface area contributed by atoms with E-state index in [0.717, 1.165) is 0 Å². The maximum absolute atomic E-state index is 11.3. The molecular weight excluding hydrogens is 210 g/mol. The SMILES string of the molecule is CC1(C)OCC(COc2cccc[n+]2[O-])O1. The lowest BCUT2D eigenvalue weighted by Crippen LogP contribution is -2.31. The van der Waals surface area contributed by atoms with Gasteiger partial charge in [-0.15, -0.1) is 4.73 Å². The standard InChI is InChI=1S/C11H15NO4/c1-11(2)15-8-9(16-11)7-14-10-5-3-4-6-12(10)13/h3-6,9H,7-8H2,1-2H3. The molecule has 1 fully saturated rings. The number of nitrogens with zero attached hydrogens (tertiary/aromatic N) is 1. The zero-order valence-electron chi connectivity index (χ0n) is 9.38. The molecule has 0 aromatic carbocycles. The highest BCUT2D eigenvalue weighted by Crippen LogP contribution is 2.22. The Morgan fingerprint density at radius 2 is 2.38 bits per heavy atom. The lowest BCUT2D eigenvalue weighted by molar-refractivity contribution is -0.613. The Morgan fingerprint density at radius 1 is 1.56 bits per heavy atom. The van der Waals surface area contributed by atoms with Crippen LogP contribution in [0.5, 0.6) is 5.88 Å². The Kier molecular flexibility index (Phi) is 2.98. The van der Waals surface area contributed by atoms with Crippen LogP contribution in [0.15, 0.2) is 24.4 Å². The summed E-state index contributed by atoms with van der Waals surface area (Å²) in [5.41, 5.74) is 0. The minimum Gasteiger partial charge on any atom is -0.616 e. The molecule has 0 amide bonds. The van der Waals surface area contributed by atoms with Gasteiger partial charge in [0.05, 0.1) is 12.7 Å². The van der Waals surface area contributed by atoms with Crippen LogP contribution in [0.2, 0.25) is 0 Å². The summed E-state index contributed by atoms with van der Waals surface area (Å²) in [6.45, 7) is 4.50. The summed E-state index contributed by atoms with van der Waals surface area (Å²) >= 11 is 0. The molecule has 1 aliphatic heterocycles. The number of rotatable bonds is 3. The third-order valence-electron chi connectivity index (χ3n) is 2.27. The van der Waals surface area contributed by atoms with E-state index < -0.39 is 5.79 Å². The van der Waals surface area contributed by atoms with Gasteiger partial charge < -0.3 is 19.4 Å². The minimum atomic E-state index is -0.557. The van der Waals surface area contributed by atoms with E-state index in [2.05, 4.69) is 0 Å². The first-order chi connectivity index (χ1) is 7.57. The van der Waals surface area contributed by atoms with Crippen LogP contribution in [0, 0.1) is 5.21 Å². The van der Waals surface area contributed by atoms with Gasteiger partial charge >= 0.3 is 5.88 Å². The van der Waals surface area contributed by atoms with Crippen LogP contribution >= 0.6 is 0 Å². The van der Waals surface area contributed by atoms with E-state index in [1.54, 1.807) is 18.2 Å². The fourth-order valence-electron chi connectivity index (χ4n) is 1.55. The second kappa shape index (κ2) is 4.27. The Balaban J connectivity index is 1.87. The van der Waals surface area contributed by atoms with Crippen LogP contribution < -0.4 is 9.47 Å². The molecule has 1 aromatic rings. The molecule has 2 heterocycles. The average molecular weight is 225 g/mol. The topological polar surface area (TPSA) is 54.6 Å². The van der Waals surface area contributed by atoms with Crippen molar-refractivity contribution in [1.29, 1.82) is 0 Å². The molecule has 1 aliphatic rings. The minimum absolute atomic E-state index is 0.129. The molecule has 1 atom stereocenters. The van der Waals surface area contributed by atoms with Gasteiger partial charge in [0.1, 0.15) is 12.7 Å². The Morgan fingerprint density at radius 3 is 3.00 bits per heavy atom. The number of aromatic nitrogens is 1. The molecule has 5 heteroatoms. The predicted octanol–water partition coefficient (Wildman–Crippen LogP) is 0.850. The van der Waals surface area contributed by atoms with E-state index in [-0.39, 0.29) is 12.0 Å². The Bertz CT molecular complexity index is 367. The van der Waals surface area contributed by atoms with E-state index in [0.29, 0.717) is 17.9 Å². The highest BCUT2D eigenvalue weighted by Gasteiger charge is 2.33. The van der Waals surface area contributed by atoms with Crippen molar-refractivity contribution in [2.45, 2.75) is 25.7 Å². The second-order valence-electron chi connectivity index (χ2n) is 4.13. The first kappa shape index (κ1) is 11.2. The van der Waals surface area contributed by atoms with Gasteiger partial charge in [-0.1, -0.05) is 0 Å². The normalized spacial score (nSPS) is 23.2. The molecule has 0 bridgehead atoms. The van der Waals surface area contributed by atoms with Crippen molar-refractivity contribution < 1.29 is 18.9 Å². The molecule has 1 aromatic heterocycles. The zero-order valence-corrected chi connectivity index (χ0v) is 9.38. The highest BCUT2D eigenvalue weighted by atomic mass is 16.7. The molecule has 0 N–H and O–H groups in total. The molecule has 0 spiro atoms. The zero-order chi connectivity index (χ0) is 11.6. The predicted molar refractivity (Wildman–Crippen MR) is 55.8 cm³/mol. The number of ether oxygens (including phenoxy) is 3. The third-order valence-corrected chi connectivity index (χ3v) is 2.27. The molecule has 2 rings (SSSR count). The van der Waals surface area contributed by atoms with E-state index in [1.807, 2.05) is 13.8 Å². The fourth-order valence-corrected chi connectivity index (χ4v) is 1.55. The van der Waals surface area contributed by atoms with E-state index >= 15 is 0 Å². The van der Waals surface area contributed by atoms with Crippen molar-refractivity contribution in [3.8, 4) is 5.88 Å². The van der Waals surface area contributed by atoms with Crippen LogP contribution in [-0.2, 0) is 9.47 Å². The van der Waals surface area contributed by atoms with Gasteiger partial charge in [-0.25, -0.2) is 0 Å². The third kappa shape index (κ3) is 2.62. The van der Waals surface area contributed by atoms with Crippen LogP contribution in [-0.4, -0.2) is 25.1 Å². The second-order valence-corrected chi connectivity index (χ2v) is 4.13. The molecular formula is C11H15NO4. The largest absolute Gasteiger partial charge is 0.616 e. The highest BCUT2D eigenvalue weighted by molar-refractivity contribution is 5.02. The summed E-state index contributed by atoms with van der Waals surface area (Å²) in [6.07, 6.45) is 1.26. The van der Waals surface area contributed by atoms with Gasteiger partial charge in [0.15, 0.2) is 12.0 Å². The number of hydrogen-bond donors (Lipinski definition) is 0. The van der Waals surface area contributed by atoms with Crippen LogP contribution in [0.3, 0.4) is 0 Å². The summed E-state index contributed by atoms with van der Waals surface area (Å²) in [6, 6.07) is 5.02. The van der Waals surface area contributed by atoms with E-state index in [1.165, 1.54) is 6.20 Å². The summed E-state index contributed by atoms with van der Waals surface area (Å²) in [5, 5.41) is 11.3. The van der Waals surface area contributed by atoms with Crippen molar-refractivity contribution in [2.24, 2.45) is 0 Å². The summed E-state index contributed by atoms with van der Waals surface area (Å²) in [5.74, 6) is -0.283. The number of pyridine rings is 1. The Labute approximate surface area is 94.1 Å². The quantitative estimate of drug-likeness (QED) is 0.565. The first-order valence-electron chi connectivity index (χ1n) is 5.19. The van der Waals surface area contributed by atoms with Crippen molar-refractivity contribution in [3.05, 3.63) is 29.6 Å². The van der Waals surface area contributed by atoms with Crippen molar-refractivity contribution in [1.82, 2.24) is 0 Å². The molecule has 16 heavy (non-hydrogen) atoms. The lowest BCUT2D eigenvalue weighted by atomic mass is 10.4. The monoisotopic (exact) mass is 225 g/mol. The van der Waals surface area contributed by atoms with Gasteiger partial charge in [0.2, 0.25) is 0 Å². The van der Waals surface area contributed by atoms with Crippen LogP contribution in [0.25, 0.3) is 0 Å². The maximum Gasteiger partial charge on any atom is 0.379 e. The molecule has 0 aliphatic carbocycles. The smallest absolute Gasteiger partial charge is 0.379 e. The molecule has 0 radical (unpaired) electrons. The van der Waals surface area contributed by atoms with Crippen molar-refractivity contribution >= 4 is 0 Å². The molecule has 0 saturated carbocycles. The fraction of sp³-hybridized carbons (Fsp3) is 0.545. The lowest BCUT2D eigenvalue weighted by Gasteiger charge is -2.16. The van der Waals surface area contributed by atoms with Crippen LogP contribution in [0.1, 0.15) is 13.8 Å². The van der Waals surface area contributed by atoms with Crippen molar-refractivity contribution in [3.63, 3.8) is 0 Å². The van der Waals surface area contributed by atoms with Gasteiger partial charge in [-0.2, -0.15) is 0 Å².